The summed E-state index contributed by atoms with van der Waals surface area (Å²) in [5.41, 5.74) is 11.5. The van der Waals surface area contributed by atoms with Crippen LogP contribution in [0.1, 0.15) is 107 Å². The Morgan fingerprint density at radius 2 is 1.02 bits per heavy atom. The summed E-state index contributed by atoms with van der Waals surface area (Å²) in [5.74, 6) is 0. The van der Waals surface area contributed by atoms with Crippen LogP contribution in [0.15, 0.2) is 106 Å². The maximum atomic E-state index is 13.9. The molecule has 0 unspecified atom stereocenters. The van der Waals surface area contributed by atoms with Gasteiger partial charge in [0.1, 0.15) is 0 Å². The molecule has 0 atom stereocenters. The number of halogens is 8. The molecule has 0 nitrogen and oxygen atoms in total. The molecule has 4 aliphatic carbocycles. The van der Waals surface area contributed by atoms with Gasteiger partial charge in [-0.3, -0.25) is 0 Å². The summed E-state index contributed by atoms with van der Waals surface area (Å²) in [5, 5.41) is 0. The van der Waals surface area contributed by atoms with Gasteiger partial charge in [0.15, 0.2) is 0 Å². The Morgan fingerprint density at radius 1 is 0.611 bits per heavy atom. The van der Waals surface area contributed by atoms with E-state index in [1.54, 1.807) is 0 Å². The van der Waals surface area contributed by atoms with Crippen LogP contribution in [0.25, 0.3) is 22.3 Å². The Labute approximate surface area is 332 Å². The summed E-state index contributed by atoms with van der Waals surface area (Å²) < 4.78 is 85.2. The molecular weight excluding hydrogens is 817 g/mol. The van der Waals surface area contributed by atoms with Crippen LogP contribution in [0.2, 0.25) is 0 Å². The van der Waals surface area contributed by atoms with Crippen molar-refractivity contribution in [2.24, 2.45) is 0 Å². The number of allylic oxidation sites excluding steroid dienone is 8. The van der Waals surface area contributed by atoms with Crippen LogP contribution in [0, 0.1) is 0 Å². The minimum Gasteiger partial charge on any atom is -1.00 e. The van der Waals surface area contributed by atoms with E-state index in [0.717, 1.165) is 27.5 Å². The quantitative estimate of drug-likeness (QED) is 0.196. The van der Waals surface area contributed by atoms with Gasteiger partial charge in [-0.15, -0.1) is 0 Å². The number of alkyl halides is 6. The van der Waals surface area contributed by atoms with E-state index >= 15 is 0 Å². The second-order valence-corrected chi connectivity index (χ2v) is 22.0. The SMILES string of the molecule is CC1=CC(C)(C)c2cc3c(cc21)-c1cc2c(cc1[CH]3[Zr+2]([C]1=CC=CC1)=[C](c1ccc(C(F)(F)F)cc1)c1ccc(C(F)(F)F)cc1)C(C)(C)C=C2C.[Cl-].[Cl-]. The van der Waals surface area contributed by atoms with Crippen LogP contribution in [0.3, 0.4) is 0 Å². The molecule has 0 N–H and O–H groups in total. The first-order chi connectivity index (χ1) is 24.3. The third kappa shape index (κ3) is 6.60. The molecule has 0 radical (unpaired) electrons. The number of rotatable bonds is 4. The van der Waals surface area contributed by atoms with Gasteiger partial charge in [0.25, 0.3) is 0 Å². The van der Waals surface area contributed by atoms with E-state index in [4.69, 9.17) is 0 Å². The first-order valence-electron chi connectivity index (χ1n) is 17.6. The topological polar surface area (TPSA) is 0 Å². The average Bonchev–Trinajstić information content (AvgIpc) is 3.81. The summed E-state index contributed by atoms with van der Waals surface area (Å²) >= 11 is -3.44. The van der Waals surface area contributed by atoms with Crippen LogP contribution < -0.4 is 24.8 Å². The predicted molar refractivity (Wildman–Crippen MR) is 195 cm³/mol. The Balaban J connectivity index is 0.00000249. The fourth-order valence-electron chi connectivity index (χ4n) is 9.03. The summed E-state index contributed by atoms with van der Waals surface area (Å²) in [6.07, 6.45) is 2.60. The maximum Gasteiger partial charge on any atom is -1.00 e. The van der Waals surface area contributed by atoms with Crippen LogP contribution in [-0.4, -0.2) is 3.21 Å². The minimum absolute atomic E-state index is 0. The molecule has 4 aliphatic rings. The fourth-order valence-corrected chi connectivity index (χ4v) is 18.0. The maximum absolute atomic E-state index is 13.9. The molecule has 278 valence electrons. The number of hydrogen-bond acceptors (Lipinski definition) is 0. The molecule has 0 bridgehead atoms. The number of hydrogen-bond donors (Lipinski definition) is 0. The summed E-state index contributed by atoms with van der Waals surface area (Å²) in [6.45, 7) is 13.2. The molecule has 0 saturated heterocycles. The van der Waals surface area contributed by atoms with Gasteiger partial charge in [0, 0.05) is 0 Å². The standard InChI is InChI=1S/C25H25.C15H8F6.C5H5.2ClH.Zr/c1-14-12-24(3,4)22-8-16-7-17-9-23-19(15(2)13-25(23,5)6)11-21(17)20(16)10-18(14)22;16-14(17,18)12-5-1-10(2-6-12)9-11-3-7-13(8-4-11)15(19,20)21;1-2-4-5-3-1;;;/h7-13H,1-6H3;1-8H;1-3H,4H2;2*1H;/q;;;;;+2/p-2. The van der Waals surface area contributed by atoms with Crippen LogP contribution in [0.4, 0.5) is 26.3 Å². The number of benzene rings is 4. The third-order valence-corrected chi connectivity index (χ3v) is 19.7. The molecule has 0 aliphatic heterocycles. The van der Waals surface area contributed by atoms with Gasteiger partial charge >= 0.3 is 310 Å². The Hall–Kier alpha value is -3.25. The molecule has 9 heteroatoms. The third-order valence-electron chi connectivity index (χ3n) is 11.4. The van der Waals surface area contributed by atoms with E-state index in [2.05, 4.69) is 90.1 Å². The zero-order valence-electron chi connectivity index (χ0n) is 30.6. The number of fused-ring (bicyclic) bond motifs is 5. The van der Waals surface area contributed by atoms with Crippen molar-refractivity contribution in [3.05, 3.63) is 162 Å². The Kier molecular flexibility index (Phi) is 10.3. The first-order valence-corrected chi connectivity index (χ1v) is 21.5. The summed E-state index contributed by atoms with van der Waals surface area (Å²) in [4.78, 5) is 0. The van der Waals surface area contributed by atoms with Crippen LogP contribution in [0.5, 0.6) is 0 Å². The van der Waals surface area contributed by atoms with Gasteiger partial charge in [-0.05, 0) is 0 Å². The van der Waals surface area contributed by atoms with Crippen molar-refractivity contribution in [2.45, 2.75) is 74.8 Å². The average molecular weight is 855 g/mol. The Bertz CT molecular complexity index is 2200. The molecule has 54 heavy (non-hydrogen) atoms. The van der Waals surface area contributed by atoms with Gasteiger partial charge in [-0.25, -0.2) is 0 Å². The molecule has 0 aromatic heterocycles. The second-order valence-electron chi connectivity index (χ2n) is 15.8. The van der Waals surface area contributed by atoms with E-state index in [1.165, 1.54) is 83.2 Å². The zero-order valence-corrected chi connectivity index (χ0v) is 34.6. The monoisotopic (exact) mass is 852 g/mol. The predicted octanol–water partition coefficient (Wildman–Crippen LogP) is 6.92. The van der Waals surface area contributed by atoms with Gasteiger partial charge in [0.05, 0.1) is 0 Å². The van der Waals surface area contributed by atoms with Gasteiger partial charge in [0.2, 0.25) is 0 Å². The second kappa shape index (κ2) is 13.7. The molecule has 0 heterocycles. The summed E-state index contributed by atoms with van der Waals surface area (Å²) in [7, 11) is 0. The zero-order chi connectivity index (χ0) is 37.1. The molecule has 0 amide bonds. The van der Waals surface area contributed by atoms with Crippen LogP contribution in [-0.2, 0) is 44.4 Å². The van der Waals surface area contributed by atoms with Crippen molar-refractivity contribution in [1.29, 1.82) is 0 Å². The van der Waals surface area contributed by atoms with E-state index in [1.807, 2.05) is 6.08 Å². The molecular formula is C45H38Cl2F6Zr. The van der Waals surface area contributed by atoms with Crippen molar-refractivity contribution in [3.8, 4) is 11.1 Å². The molecule has 8 rings (SSSR count). The van der Waals surface area contributed by atoms with E-state index in [9.17, 15) is 26.3 Å². The van der Waals surface area contributed by atoms with Crippen molar-refractivity contribution in [2.75, 3.05) is 0 Å². The molecule has 4 aromatic rings. The van der Waals surface area contributed by atoms with E-state index in [-0.39, 0.29) is 39.3 Å². The largest absolute Gasteiger partial charge is 1.00 e. The van der Waals surface area contributed by atoms with Gasteiger partial charge < -0.3 is 24.8 Å². The molecule has 0 fully saturated rings. The first kappa shape index (κ1) is 40.4. The van der Waals surface area contributed by atoms with Gasteiger partial charge in [-0.2, -0.15) is 0 Å². The summed E-state index contributed by atoms with van der Waals surface area (Å²) in [6, 6.07) is 19.9. The van der Waals surface area contributed by atoms with Crippen molar-refractivity contribution in [3.63, 3.8) is 0 Å². The van der Waals surface area contributed by atoms with Gasteiger partial charge in [-0.1, -0.05) is 0 Å². The van der Waals surface area contributed by atoms with Crippen molar-refractivity contribution < 1.29 is 72.4 Å². The normalized spacial score (nSPS) is 17.2. The van der Waals surface area contributed by atoms with Crippen molar-refractivity contribution in [1.82, 2.24) is 0 Å². The van der Waals surface area contributed by atoms with Crippen LogP contribution >= 0.6 is 0 Å². The minimum atomic E-state index is -4.52. The Morgan fingerprint density at radius 3 is 1.37 bits per heavy atom. The smallest absolute Gasteiger partial charge is 1.00 e. The molecule has 0 saturated carbocycles. The van der Waals surface area contributed by atoms with E-state index in [0.29, 0.717) is 17.5 Å². The van der Waals surface area contributed by atoms with E-state index < -0.39 is 44.7 Å². The molecule has 4 aromatic carbocycles. The van der Waals surface area contributed by atoms with Crippen molar-refractivity contribution >= 4 is 14.4 Å². The molecule has 0 spiro atoms. The fraction of sp³-hybridized carbons (Fsp3) is 0.267.